The summed E-state index contributed by atoms with van der Waals surface area (Å²) in [4.78, 5) is 12.9. The SMILES string of the molecule is CN(C)C(=O)c1cc(Cl)c(NCCO)o1. The number of hydrogen-bond acceptors (Lipinski definition) is 4. The number of nitrogens with zero attached hydrogens (tertiary/aromatic N) is 1. The zero-order valence-corrected chi connectivity index (χ0v) is 9.34. The number of hydrogen-bond donors (Lipinski definition) is 2. The first-order chi connectivity index (χ1) is 7.06. The molecule has 1 aromatic heterocycles. The number of aliphatic hydroxyl groups is 1. The summed E-state index contributed by atoms with van der Waals surface area (Å²) in [5, 5.41) is 11.7. The Morgan fingerprint density at radius 2 is 2.33 bits per heavy atom. The lowest BCUT2D eigenvalue weighted by atomic mass is 10.4. The molecule has 0 atom stereocenters. The molecular formula is C9H13ClN2O3. The molecule has 15 heavy (non-hydrogen) atoms. The summed E-state index contributed by atoms with van der Waals surface area (Å²) in [6, 6.07) is 1.45. The van der Waals surface area contributed by atoms with Crippen LogP contribution in [0, 0.1) is 0 Å². The molecule has 1 aromatic rings. The predicted molar refractivity (Wildman–Crippen MR) is 57.3 cm³/mol. The number of rotatable bonds is 4. The Morgan fingerprint density at radius 3 is 2.87 bits per heavy atom. The number of furan rings is 1. The molecule has 0 aliphatic heterocycles. The van der Waals surface area contributed by atoms with Gasteiger partial charge in [-0.15, -0.1) is 0 Å². The fraction of sp³-hybridized carbons (Fsp3) is 0.444. The molecule has 0 aromatic carbocycles. The van der Waals surface area contributed by atoms with Crippen molar-refractivity contribution in [2.24, 2.45) is 0 Å². The monoisotopic (exact) mass is 232 g/mol. The molecule has 0 fully saturated rings. The fourth-order valence-corrected chi connectivity index (χ4v) is 1.19. The maximum Gasteiger partial charge on any atom is 0.289 e. The van der Waals surface area contributed by atoms with Crippen molar-refractivity contribution in [2.75, 3.05) is 32.6 Å². The van der Waals surface area contributed by atoms with Crippen LogP contribution in [-0.4, -0.2) is 43.2 Å². The van der Waals surface area contributed by atoms with Crippen LogP contribution in [0.5, 0.6) is 0 Å². The molecular weight excluding hydrogens is 220 g/mol. The molecule has 2 N–H and O–H groups in total. The molecule has 6 heteroatoms. The van der Waals surface area contributed by atoms with Crippen LogP contribution in [0.4, 0.5) is 5.88 Å². The van der Waals surface area contributed by atoms with E-state index < -0.39 is 0 Å². The molecule has 0 aliphatic carbocycles. The minimum absolute atomic E-state index is 0.0337. The molecule has 1 heterocycles. The van der Waals surface area contributed by atoms with E-state index in [-0.39, 0.29) is 18.3 Å². The van der Waals surface area contributed by atoms with Gasteiger partial charge in [0.15, 0.2) is 5.76 Å². The first-order valence-corrected chi connectivity index (χ1v) is 4.79. The molecule has 1 amide bonds. The third-order valence-electron chi connectivity index (χ3n) is 1.70. The summed E-state index contributed by atoms with van der Waals surface area (Å²) in [7, 11) is 3.25. The predicted octanol–water partition coefficient (Wildman–Crippen LogP) is 1.04. The summed E-state index contributed by atoms with van der Waals surface area (Å²) in [5.74, 6) is 0.218. The lowest BCUT2D eigenvalue weighted by Gasteiger charge is -2.06. The highest BCUT2D eigenvalue weighted by Crippen LogP contribution is 2.26. The van der Waals surface area contributed by atoms with Gasteiger partial charge in [0.1, 0.15) is 5.02 Å². The third-order valence-corrected chi connectivity index (χ3v) is 1.98. The second-order valence-corrected chi connectivity index (χ2v) is 3.54. The number of halogens is 1. The van der Waals surface area contributed by atoms with Gasteiger partial charge in [-0.1, -0.05) is 11.6 Å². The van der Waals surface area contributed by atoms with E-state index in [1.165, 1.54) is 11.0 Å². The molecule has 0 bridgehead atoms. The maximum absolute atomic E-state index is 11.5. The molecule has 0 saturated carbocycles. The van der Waals surface area contributed by atoms with Crippen molar-refractivity contribution in [1.29, 1.82) is 0 Å². The van der Waals surface area contributed by atoms with Crippen LogP contribution in [0.1, 0.15) is 10.6 Å². The standard InChI is InChI=1S/C9H13ClN2O3/c1-12(2)9(14)7-5-6(10)8(15-7)11-3-4-13/h5,11,13H,3-4H2,1-2H3. The average Bonchev–Trinajstić information content (AvgIpc) is 2.55. The van der Waals surface area contributed by atoms with Gasteiger partial charge < -0.3 is 19.7 Å². The highest BCUT2D eigenvalue weighted by molar-refractivity contribution is 6.33. The largest absolute Gasteiger partial charge is 0.434 e. The van der Waals surface area contributed by atoms with Crippen LogP contribution in [0.3, 0.4) is 0 Å². The lowest BCUT2D eigenvalue weighted by Crippen LogP contribution is -2.20. The van der Waals surface area contributed by atoms with Gasteiger partial charge in [0.2, 0.25) is 5.88 Å². The van der Waals surface area contributed by atoms with E-state index in [0.29, 0.717) is 17.5 Å². The number of anilines is 1. The van der Waals surface area contributed by atoms with Gasteiger partial charge in [0.05, 0.1) is 6.61 Å². The summed E-state index contributed by atoms with van der Waals surface area (Å²) < 4.78 is 5.19. The zero-order valence-electron chi connectivity index (χ0n) is 8.58. The Labute approximate surface area is 92.6 Å². The van der Waals surface area contributed by atoms with Crippen molar-refractivity contribution in [3.63, 3.8) is 0 Å². The van der Waals surface area contributed by atoms with E-state index >= 15 is 0 Å². The first-order valence-electron chi connectivity index (χ1n) is 4.42. The molecule has 84 valence electrons. The topological polar surface area (TPSA) is 65.7 Å². The van der Waals surface area contributed by atoms with Gasteiger partial charge in [-0.25, -0.2) is 0 Å². The minimum Gasteiger partial charge on any atom is -0.434 e. The van der Waals surface area contributed by atoms with E-state index in [1.807, 2.05) is 0 Å². The van der Waals surface area contributed by atoms with E-state index in [2.05, 4.69) is 5.32 Å². The van der Waals surface area contributed by atoms with E-state index in [1.54, 1.807) is 14.1 Å². The van der Waals surface area contributed by atoms with Crippen LogP contribution in [0.15, 0.2) is 10.5 Å². The van der Waals surface area contributed by atoms with Crippen molar-refractivity contribution in [3.8, 4) is 0 Å². The van der Waals surface area contributed by atoms with Gasteiger partial charge in [-0.2, -0.15) is 0 Å². The second-order valence-electron chi connectivity index (χ2n) is 3.14. The summed E-state index contributed by atoms with van der Waals surface area (Å²) >= 11 is 5.82. The van der Waals surface area contributed by atoms with Crippen molar-refractivity contribution >= 4 is 23.4 Å². The Balaban J connectivity index is 2.81. The van der Waals surface area contributed by atoms with Gasteiger partial charge in [0, 0.05) is 26.7 Å². The van der Waals surface area contributed by atoms with Crippen LogP contribution in [-0.2, 0) is 0 Å². The van der Waals surface area contributed by atoms with Crippen molar-refractivity contribution in [3.05, 3.63) is 16.8 Å². The number of carbonyl (C=O) groups is 1. The molecule has 1 rings (SSSR count). The van der Waals surface area contributed by atoms with Crippen LogP contribution in [0.25, 0.3) is 0 Å². The van der Waals surface area contributed by atoms with Crippen molar-refractivity contribution in [1.82, 2.24) is 4.90 Å². The number of carbonyl (C=O) groups excluding carboxylic acids is 1. The van der Waals surface area contributed by atoms with Gasteiger partial charge in [0.25, 0.3) is 5.91 Å². The number of amides is 1. The summed E-state index contributed by atoms with van der Waals surface area (Å²) in [6.45, 7) is 0.289. The molecule has 0 spiro atoms. The van der Waals surface area contributed by atoms with E-state index in [0.717, 1.165) is 0 Å². The smallest absolute Gasteiger partial charge is 0.289 e. The second kappa shape index (κ2) is 5.04. The fourth-order valence-electron chi connectivity index (χ4n) is 0.985. The van der Waals surface area contributed by atoms with Gasteiger partial charge in [-0.05, 0) is 0 Å². The zero-order chi connectivity index (χ0) is 11.4. The van der Waals surface area contributed by atoms with Crippen LogP contribution < -0.4 is 5.32 Å². The lowest BCUT2D eigenvalue weighted by molar-refractivity contribution is 0.0798. The highest BCUT2D eigenvalue weighted by Gasteiger charge is 2.16. The maximum atomic E-state index is 11.5. The number of nitrogens with one attached hydrogen (secondary N) is 1. The first kappa shape index (κ1) is 11.9. The van der Waals surface area contributed by atoms with Crippen molar-refractivity contribution in [2.45, 2.75) is 0 Å². The Kier molecular flexibility index (Phi) is 3.99. The van der Waals surface area contributed by atoms with E-state index in [4.69, 9.17) is 21.1 Å². The Bertz CT molecular complexity index is 349. The third kappa shape index (κ3) is 2.87. The molecule has 0 saturated heterocycles. The van der Waals surface area contributed by atoms with Crippen LogP contribution in [0.2, 0.25) is 5.02 Å². The van der Waals surface area contributed by atoms with Crippen LogP contribution >= 0.6 is 11.6 Å². The molecule has 0 aliphatic rings. The van der Waals surface area contributed by atoms with Crippen molar-refractivity contribution < 1.29 is 14.3 Å². The summed E-state index contributed by atoms with van der Waals surface area (Å²) in [6.07, 6.45) is 0. The van der Waals surface area contributed by atoms with Gasteiger partial charge in [-0.3, -0.25) is 4.79 Å². The minimum atomic E-state index is -0.256. The normalized spacial score (nSPS) is 10.1. The summed E-state index contributed by atoms with van der Waals surface area (Å²) in [5.41, 5.74) is 0. The average molecular weight is 233 g/mol. The van der Waals surface area contributed by atoms with Gasteiger partial charge >= 0.3 is 0 Å². The molecule has 0 radical (unpaired) electrons. The Hall–Kier alpha value is -1.20. The quantitative estimate of drug-likeness (QED) is 0.814. The molecule has 0 unspecified atom stereocenters. The van der Waals surface area contributed by atoms with E-state index in [9.17, 15) is 4.79 Å². The number of aliphatic hydroxyl groups excluding tert-OH is 1. The Morgan fingerprint density at radius 1 is 1.67 bits per heavy atom. The highest BCUT2D eigenvalue weighted by atomic mass is 35.5. The molecule has 5 nitrogen and oxygen atoms in total.